The van der Waals surface area contributed by atoms with Crippen molar-refractivity contribution in [1.82, 2.24) is 10.2 Å². The molecule has 4 nitrogen and oxygen atoms in total. The van der Waals surface area contributed by atoms with E-state index in [1.807, 2.05) is 0 Å². The second-order valence-corrected chi connectivity index (χ2v) is 7.27. The lowest BCUT2D eigenvalue weighted by Gasteiger charge is -2.23. The summed E-state index contributed by atoms with van der Waals surface area (Å²) >= 11 is 1.78. The number of nitrogens with two attached hydrogens (primary N) is 1. The predicted octanol–water partition coefficient (Wildman–Crippen LogP) is 3.48. The lowest BCUT2D eigenvalue weighted by atomic mass is 10.2. The Bertz CT molecular complexity index is 630. The van der Waals surface area contributed by atoms with E-state index in [0.29, 0.717) is 12.0 Å². The SMILES string of the molecule is I.NC(=NCC1CCCN1Cc1ccccc1)NCCc1cccs1. The van der Waals surface area contributed by atoms with Crippen molar-refractivity contribution in [1.29, 1.82) is 0 Å². The van der Waals surface area contributed by atoms with Crippen LogP contribution in [0.3, 0.4) is 0 Å². The first-order valence-electron chi connectivity index (χ1n) is 8.65. The number of hydrogen-bond donors (Lipinski definition) is 2. The molecular weight excluding hydrogens is 443 g/mol. The van der Waals surface area contributed by atoms with E-state index in [-0.39, 0.29) is 24.0 Å². The highest BCUT2D eigenvalue weighted by Crippen LogP contribution is 2.20. The molecule has 0 saturated carbocycles. The number of benzene rings is 1. The van der Waals surface area contributed by atoms with Crippen molar-refractivity contribution in [2.24, 2.45) is 10.7 Å². The number of hydrogen-bond acceptors (Lipinski definition) is 3. The number of rotatable bonds is 7. The standard InChI is InChI=1S/C19H26N4S.HI/c20-19(21-11-10-18-9-5-13-24-18)22-14-17-8-4-12-23(17)15-16-6-2-1-3-7-16;/h1-3,5-7,9,13,17H,4,8,10-12,14-15H2,(H3,20,21,22);1H. The van der Waals surface area contributed by atoms with Gasteiger partial charge in [0.1, 0.15) is 0 Å². The summed E-state index contributed by atoms with van der Waals surface area (Å²) in [6, 6.07) is 15.4. The molecule has 1 aromatic carbocycles. The highest BCUT2D eigenvalue weighted by Gasteiger charge is 2.24. The van der Waals surface area contributed by atoms with Gasteiger partial charge in [-0.25, -0.2) is 0 Å². The number of halogens is 1. The summed E-state index contributed by atoms with van der Waals surface area (Å²) in [6.07, 6.45) is 3.45. The van der Waals surface area contributed by atoms with Crippen LogP contribution < -0.4 is 11.1 Å². The fraction of sp³-hybridized carbons (Fsp3) is 0.421. The van der Waals surface area contributed by atoms with Crippen molar-refractivity contribution in [3.8, 4) is 0 Å². The van der Waals surface area contributed by atoms with E-state index in [9.17, 15) is 0 Å². The molecule has 1 fully saturated rings. The summed E-state index contributed by atoms with van der Waals surface area (Å²) in [5.41, 5.74) is 7.38. The molecule has 0 aliphatic carbocycles. The van der Waals surface area contributed by atoms with Crippen LogP contribution in [0.2, 0.25) is 0 Å². The normalized spacial score (nSPS) is 18.1. The molecule has 1 saturated heterocycles. The van der Waals surface area contributed by atoms with E-state index >= 15 is 0 Å². The average molecular weight is 470 g/mol. The van der Waals surface area contributed by atoms with E-state index in [0.717, 1.165) is 32.6 Å². The van der Waals surface area contributed by atoms with Gasteiger partial charge in [-0.05, 0) is 42.8 Å². The van der Waals surface area contributed by atoms with Gasteiger partial charge in [0.25, 0.3) is 0 Å². The van der Waals surface area contributed by atoms with Gasteiger partial charge in [-0.3, -0.25) is 9.89 Å². The van der Waals surface area contributed by atoms with Crippen LogP contribution >= 0.6 is 35.3 Å². The molecule has 3 N–H and O–H groups in total. The molecule has 0 bridgehead atoms. The van der Waals surface area contributed by atoms with Gasteiger partial charge >= 0.3 is 0 Å². The van der Waals surface area contributed by atoms with Crippen LogP contribution in [0.25, 0.3) is 0 Å². The molecule has 2 aromatic rings. The Labute approximate surface area is 171 Å². The van der Waals surface area contributed by atoms with Crippen LogP contribution in [0.15, 0.2) is 52.8 Å². The second kappa shape index (κ2) is 10.8. The van der Waals surface area contributed by atoms with Crippen LogP contribution in [-0.4, -0.2) is 36.5 Å². The fourth-order valence-electron chi connectivity index (χ4n) is 3.16. The third-order valence-electron chi connectivity index (χ3n) is 4.46. The number of thiophene rings is 1. The minimum absolute atomic E-state index is 0. The molecule has 1 unspecified atom stereocenters. The summed E-state index contributed by atoms with van der Waals surface area (Å²) in [7, 11) is 0. The number of likely N-dealkylation sites (tertiary alicyclic amines) is 1. The van der Waals surface area contributed by atoms with Gasteiger partial charge in [0.2, 0.25) is 0 Å². The first-order valence-corrected chi connectivity index (χ1v) is 9.53. The predicted molar refractivity (Wildman–Crippen MR) is 118 cm³/mol. The van der Waals surface area contributed by atoms with E-state index in [1.165, 1.54) is 23.3 Å². The van der Waals surface area contributed by atoms with E-state index in [1.54, 1.807) is 11.3 Å². The van der Waals surface area contributed by atoms with Gasteiger partial charge in [-0.2, -0.15) is 0 Å². The van der Waals surface area contributed by atoms with Crippen LogP contribution in [0.5, 0.6) is 0 Å². The lowest BCUT2D eigenvalue weighted by molar-refractivity contribution is 0.250. The fourth-order valence-corrected chi connectivity index (χ4v) is 3.87. The summed E-state index contributed by atoms with van der Waals surface area (Å²) in [5, 5.41) is 5.33. The number of nitrogens with zero attached hydrogens (tertiary/aromatic N) is 2. The minimum Gasteiger partial charge on any atom is -0.370 e. The summed E-state index contributed by atoms with van der Waals surface area (Å²) in [5.74, 6) is 0.568. The molecule has 0 radical (unpaired) electrons. The molecule has 0 amide bonds. The smallest absolute Gasteiger partial charge is 0.188 e. The van der Waals surface area contributed by atoms with Gasteiger partial charge in [-0.1, -0.05) is 36.4 Å². The Morgan fingerprint density at radius 3 is 2.84 bits per heavy atom. The maximum atomic E-state index is 6.01. The Morgan fingerprint density at radius 2 is 2.08 bits per heavy atom. The van der Waals surface area contributed by atoms with Gasteiger partial charge in [-0.15, -0.1) is 35.3 Å². The van der Waals surface area contributed by atoms with Gasteiger partial charge < -0.3 is 11.1 Å². The largest absolute Gasteiger partial charge is 0.370 e. The summed E-state index contributed by atoms with van der Waals surface area (Å²) in [4.78, 5) is 8.46. The third kappa shape index (κ3) is 6.60. The Hall–Kier alpha value is -1.12. The zero-order chi connectivity index (χ0) is 16.6. The Morgan fingerprint density at radius 1 is 1.24 bits per heavy atom. The molecule has 1 aromatic heterocycles. The van der Waals surface area contributed by atoms with Crippen molar-refractivity contribution in [3.63, 3.8) is 0 Å². The zero-order valence-corrected chi connectivity index (χ0v) is 17.6. The maximum absolute atomic E-state index is 6.01. The van der Waals surface area contributed by atoms with Crippen LogP contribution in [-0.2, 0) is 13.0 Å². The van der Waals surface area contributed by atoms with Crippen molar-refractivity contribution in [2.45, 2.75) is 31.8 Å². The van der Waals surface area contributed by atoms with Crippen molar-refractivity contribution >= 4 is 41.3 Å². The molecular formula is C19H27IN4S. The molecule has 1 aliphatic heterocycles. The van der Waals surface area contributed by atoms with Gasteiger partial charge in [0, 0.05) is 24.0 Å². The molecule has 6 heteroatoms. The summed E-state index contributed by atoms with van der Waals surface area (Å²) < 4.78 is 0. The molecule has 3 rings (SSSR count). The van der Waals surface area contributed by atoms with E-state index in [2.05, 4.69) is 63.1 Å². The third-order valence-corrected chi connectivity index (χ3v) is 5.39. The molecule has 1 atom stereocenters. The highest BCUT2D eigenvalue weighted by atomic mass is 127. The molecule has 25 heavy (non-hydrogen) atoms. The molecule has 1 aliphatic rings. The number of nitrogens with one attached hydrogen (secondary N) is 1. The summed E-state index contributed by atoms with van der Waals surface area (Å²) in [6.45, 7) is 3.78. The minimum atomic E-state index is 0. The first kappa shape index (κ1) is 20.2. The van der Waals surface area contributed by atoms with Gasteiger partial charge in [0.15, 0.2) is 5.96 Å². The van der Waals surface area contributed by atoms with Crippen LogP contribution in [0.1, 0.15) is 23.3 Å². The average Bonchev–Trinajstić information content (AvgIpc) is 3.26. The first-order chi connectivity index (χ1) is 11.8. The highest BCUT2D eigenvalue weighted by molar-refractivity contribution is 14.0. The van der Waals surface area contributed by atoms with E-state index < -0.39 is 0 Å². The number of guanidine groups is 1. The second-order valence-electron chi connectivity index (χ2n) is 6.23. The monoisotopic (exact) mass is 470 g/mol. The van der Waals surface area contributed by atoms with Crippen molar-refractivity contribution < 1.29 is 0 Å². The van der Waals surface area contributed by atoms with Crippen molar-refractivity contribution in [2.75, 3.05) is 19.6 Å². The lowest BCUT2D eigenvalue weighted by Crippen LogP contribution is -2.36. The topological polar surface area (TPSA) is 53.6 Å². The molecule has 0 spiro atoms. The maximum Gasteiger partial charge on any atom is 0.188 e. The Kier molecular flexibility index (Phi) is 8.71. The van der Waals surface area contributed by atoms with Crippen LogP contribution in [0, 0.1) is 0 Å². The number of aliphatic imine (C=N–C) groups is 1. The quantitative estimate of drug-likeness (QED) is 0.370. The van der Waals surface area contributed by atoms with Gasteiger partial charge in [0.05, 0.1) is 6.54 Å². The molecule has 2 heterocycles. The van der Waals surface area contributed by atoms with Crippen LogP contribution in [0.4, 0.5) is 0 Å². The van der Waals surface area contributed by atoms with E-state index in [4.69, 9.17) is 5.73 Å². The zero-order valence-electron chi connectivity index (χ0n) is 14.4. The Balaban J connectivity index is 0.00000225. The van der Waals surface area contributed by atoms with Crippen molar-refractivity contribution in [3.05, 3.63) is 58.3 Å². The molecule has 136 valence electrons.